The van der Waals surface area contributed by atoms with Gasteiger partial charge in [0.05, 0.1) is 24.1 Å². The second kappa shape index (κ2) is 6.76. The largest absolute Gasteiger partial charge is 0.469 e. The van der Waals surface area contributed by atoms with E-state index in [0.29, 0.717) is 10.8 Å². The number of thiazole rings is 1. The number of nitro benzene ring substituents is 1. The first-order chi connectivity index (χ1) is 10.5. The van der Waals surface area contributed by atoms with Gasteiger partial charge in [-0.1, -0.05) is 0 Å². The number of nitrogens with zero attached hydrogens (tertiary/aromatic N) is 2. The van der Waals surface area contributed by atoms with Crippen LogP contribution >= 0.6 is 11.3 Å². The third-order valence-electron chi connectivity index (χ3n) is 2.67. The molecule has 0 spiro atoms. The fraction of sp³-hybridized carbons (Fsp3) is 0.154. The maximum atomic E-state index is 12.0. The van der Waals surface area contributed by atoms with Gasteiger partial charge in [0.15, 0.2) is 5.13 Å². The molecule has 0 bridgehead atoms. The van der Waals surface area contributed by atoms with Gasteiger partial charge in [-0.05, 0) is 12.1 Å². The van der Waals surface area contributed by atoms with Gasteiger partial charge in [-0.3, -0.25) is 25.0 Å². The van der Waals surface area contributed by atoms with Crippen LogP contribution in [0.15, 0.2) is 29.6 Å². The van der Waals surface area contributed by atoms with Crippen LogP contribution in [0.4, 0.5) is 10.8 Å². The van der Waals surface area contributed by atoms with E-state index in [9.17, 15) is 19.7 Å². The van der Waals surface area contributed by atoms with Crippen molar-refractivity contribution in [2.24, 2.45) is 0 Å². The smallest absolute Gasteiger partial charge is 0.311 e. The number of carbonyl (C=O) groups is 2. The summed E-state index contributed by atoms with van der Waals surface area (Å²) in [6.07, 6.45) is 0.0282. The van der Waals surface area contributed by atoms with Crippen molar-refractivity contribution in [1.29, 1.82) is 0 Å². The lowest BCUT2D eigenvalue weighted by Gasteiger charge is -2.01. The highest BCUT2D eigenvalue weighted by Gasteiger charge is 2.12. The van der Waals surface area contributed by atoms with E-state index in [1.165, 1.54) is 42.7 Å². The van der Waals surface area contributed by atoms with Crippen molar-refractivity contribution in [1.82, 2.24) is 4.98 Å². The molecule has 1 heterocycles. The first-order valence-corrected chi connectivity index (χ1v) is 6.94. The van der Waals surface area contributed by atoms with Crippen molar-refractivity contribution < 1.29 is 19.2 Å². The van der Waals surface area contributed by atoms with Crippen LogP contribution in [0, 0.1) is 10.1 Å². The number of non-ortho nitro benzene ring substituents is 1. The van der Waals surface area contributed by atoms with Crippen LogP contribution in [0.3, 0.4) is 0 Å². The van der Waals surface area contributed by atoms with Crippen LogP contribution in [-0.4, -0.2) is 28.9 Å². The molecule has 1 N–H and O–H groups in total. The fourth-order valence-electron chi connectivity index (χ4n) is 1.57. The highest BCUT2D eigenvalue weighted by molar-refractivity contribution is 7.14. The summed E-state index contributed by atoms with van der Waals surface area (Å²) < 4.78 is 4.53. The number of hydrogen-bond donors (Lipinski definition) is 1. The monoisotopic (exact) mass is 321 g/mol. The number of nitro groups is 1. The Morgan fingerprint density at radius 3 is 2.64 bits per heavy atom. The zero-order valence-electron chi connectivity index (χ0n) is 11.4. The number of hydrogen-bond acceptors (Lipinski definition) is 7. The SMILES string of the molecule is COC(=O)Cc1csc(NC(=O)c2ccc([N+](=O)[O-])cc2)n1. The molecule has 8 nitrogen and oxygen atoms in total. The summed E-state index contributed by atoms with van der Waals surface area (Å²) in [5, 5.41) is 15.1. The average molecular weight is 321 g/mol. The van der Waals surface area contributed by atoms with Gasteiger partial charge in [0, 0.05) is 23.1 Å². The third kappa shape index (κ3) is 3.85. The predicted molar refractivity (Wildman–Crippen MR) is 78.9 cm³/mol. The van der Waals surface area contributed by atoms with Gasteiger partial charge in [0.1, 0.15) is 0 Å². The van der Waals surface area contributed by atoms with Gasteiger partial charge in [-0.15, -0.1) is 11.3 Å². The Labute approximate surface area is 128 Å². The first-order valence-electron chi connectivity index (χ1n) is 6.06. The molecule has 0 aliphatic rings. The van der Waals surface area contributed by atoms with E-state index in [1.54, 1.807) is 5.38 Å². The van der Waals surface area contributed by atoms with Gasteiger partial charge >= 0.3 is 5.97 Å². The number of benzene rings is 1. The summed E-state index contributed by atoms with van der Waals surface area (Å²) in [5.74, 6) is -0.854. The Bertz CT molecular complexity index is 711. The second-order valence-corrected chi connectivity index (χ2v) is 5.01. The molecule has 0 unspecified atom stereocenters. The molecule has 2 rings (SSSR count). The number of ether oxygens (including phenoxy) is 1. The molecule has 0 saturated heterocycles. The Morgan fingerprint density at radius 2 is 2.05 bits per heavy atom. The first kappa shape index (κ1) is 15.6. The summed E-state index contributed by atoms with van der Waals surface area (Å²) in [5.41, 5.74) is 0.678. The molecule has 1 aromatic heterocycles. The number of methoxy groups -OCH3 is 1. The zero-order chi connectivity index (χ0) is 16.1. The molecule has 2 aromatic rings. The standard InChI is InChI=1S/C13H11N3O5S/c1-21-11(17)6-9-7-22-13(14-9)15-12(18)8-2-4-10(5-3-8)16(19)20/h2-5,7H,6H2,1H3,(H,14,15,18). The van der Waals surface area contributed by atoms with Crippen LogP contribution in [0.25, 0.3) is 0 Å². The Kier molecular flexibility index (Phi) is 4.79. The van der Waals surface area contributed by atoms with E-state index in [2.05, 4.69) is 15.0 Å². The van der Waals surface area contributed by atoms with Crippen molar-refractivity contribution in [2.75, 3.05) is 12.4 Å². The quantitative estimate of drug-likeness (QED) is 0.512. The topological polar surface area (TPSA) is 111 Å². The number of nitrogens with one attached hydrogen (secondary N) is 1. The van der Waals surface area contributed by atoms with E-state index >= 15 is 0 Å². The number of anilines is 1. The molecule has 1 amide bonds. The van der Waals surface area contributed by atoms with Gasteiger partial charge < -0.3 is 4.74 Å². The van der Waals surface area contributed by atoms with Gasteiger partial charge in [-0.2, -0.15) is 0 Å². The maximum absolute atomic E-state index is 12.0. The van der Waals surface area contributed by atoms with Crippen LogP contribution in [0.5, 0.6) is 0 Å². The molecule has 114 valence electrons. The van der Waals surface area contributed by atoms with E-state index in [0.717, 1.165) is 0 Å². The molecule has 9 heteroatoms. The molecule has 0 aliphatic heterocycles. The number of aromatic nitrogens is 1. The zero-order valence-corrected chi connectivity index (χ0v) is 12.3. The minimum atomic E-state index is -0.540. The summed E-state index contributed by atoms with van der Waals surface area (Å²) in [6.45, 7) is 0. The lowest BCUT2D eigenvalue weighted by molar-refractivity contribution is -0.384. The van der Waals surface area contributed by atoms with Crippen molar-refractivity contribution in [3.63, 3.8) is 0 Å². The molecule has 0 radical (unpaired) electrons. The minimum absolute atomic E-state index is 0.0282. The molecule has 0 saturated carbocycles. The van der Waals surface area contributed by atoms with E-state index in [1.807, 2.05) is 0 Å². The Balaban J connectivity index is 2.02. The van der Waals surface area contributed by atoms with Gasteiger partial charge in [0.25, 0.3) is 11.6 Å². The molecular weight excluding hydrogens is 310 g/mol. The van der Waals surface area contributed by atoms with Crippen molar-refractivity contribution >= 4 is 34.0 Å². The number of amides is 1. The summed E-state index contributed by atoms with van der Waals surface area (Å²) in [4.78, 5) is 37.2. The fourth-order valence-corrected chi connectivity index (χ4v) is 2.27. The van der Waals surface area contributed by atoms with Crippen LogP contribution < -0.4 is 5.32 Å². The van der Waals surface area contributed by atoms with Gasteiger partial charge in [0.2, 0.25) is 0 Å². The molecule has 0 fully saturated rings. The van der Waals surface area contributed by atoms with E-state index < -0.39 is 16.8 Å². The third-order valence-corrected chi connectivity index (χ3v) is 3.47. The van der Waals surface area contributed by atoms with Crippen molar-refractivity contribution in [3.05, 3.63) is 51.0 Å². The van der Waals surface area contributed by atoms with Crippen molar-refractivity contribution in [2.45, 2.75) is 6.42 Å². The normalized spacial score (nSPS) is 10.0. The van der Waals surface area contributed by atoms with Crippen LogP contribution in [0.2, 0.25) is 0 Å². The summed E-state index contributed by atoms with van der Waals surface area (Å²) in [6, 6.07) is 5.21. The van der Waals surface area contributed by atoms with Gasteiger partial charge in [-0.25, -0.2) is 4.98 Å². The molecule has 22 heavy (non-hydrogen) atoms. The Morgan fingerprint density at radius 1 is 1.36 bits per heavy atom. The molecule has 0 aliphatic carbocycles. The highest BCUT2D eigenvalue weighted by atomic mass is 32.1. The van der Waals surface area contributed by atoms with Crippen LogP contribution in [0.1, 0.15) is 16.1 Å². The predicted octanol–water partition coefficient (Wildman–Crippen LogP) is 2.02. The van der Waals surface area contributed by atoms with Crippen LogP contribution in [-0.2, 0) is 16.0 Å². The average Bonchev–Trinajstić information content (AvgIpc) is 2.94. The number of carbonyl (C=O) groups excluding carboxylic acids is 2. The lowest BCUT2D eigenvalue weighted by atomic mass is 10.2. The lowest BCUT2D eigenvalue weighted by Crippen LogP contribution is -2.12. The second-order valence-electron chi connectivity index (χ2n) is 4.16. The van der Waals surface area contributed by atoms with Crippen molar-refractivity contribution in [3.8, 4) is 0 Å². The molecule has 0 atom stereocenters. The van der Waals surface area contributed by atoms with E-state index in [4.69, 9.17) is 0 Å². The Hall–Kier alpha value is -2.81. The minimum Gasteiger partial charge on any atom is -0.469 e. The number of esters is 1. The number of rotatable bonds is 5. The summed E-state index contributed by atoms with van der Waals surface area (Å²) in [7, 11) is 1.28. The summed E-state index contributed by atoms with van der Waals surface area (Å²) >= 11 is 1.17. The molecular formula is C13H11N3O5S. The maximum Gasteiger partial charge on any atom is 0.311 e. The molecule has 1 aromatic carbocycles. The highest BCUT2D eigenvalue weighted by Crippen LogP contribution is 2.18. The van der Waals surface area contributed by atoms with E-state index in [-0.39, 0.29) is 17.7 Å².